The highest BCUT2D eigenvalue weighted by Crippen LogP contribution is 2.28. The van der Waals surface area contributed by atoms with Gasteiger partial charge < -0.3 is 10.2 Å². The molecule has 0 bridgehead atoms. The fraction of sp³-hybridized carbons (Fsp3) is 0.613. The van der Waals surface area contributed by atoms with Crippen LogP contribution in [0.25, 0.3) is 10.2 Å². The van der Waals surface area contributed by atoms with E-state index < -0.39 is 5.92 Å². The van der Waals surface area contributed by atoms with Crippen LogP contribution in [0.4, 0.5) is 0 Å². The normalized spacial score (nSPS) is 14.3. The first-order valence-electron chi connectivity index (χ1n) is 14.1. The van der Waals surface area contributed by atoms with Gasteiger partial charge in [0.25, 0.3) is 0 Å². The van der Waals surface area contributed by atoms with Crippen LogP contribution in [0.3, 0.4) is 0 Å². The quantitative estimate of drug-likeness (QED) is 0.237. The summed E-state index contributed by atoms with van der Waals surface area (Å²) in [6.07, 6.45) is 7.27. The molecular weight excluding hydrogens is 494 g/mol. The summed E-state index contributed by atoms with van der Waals surface area (Å²) in [5, 5.41) is 4.11. The van der Waals surface area contributed by atoms with Crippen LogP contribution in [0.1, 0.15) is 89.6 Å². The van der Waals surface area contributed by atoms with E-state index in [4.69, 9.17) is 4.98 Å². The summed E-state index contributed by atoms with van der Waals surface area (Å²) in [6, 6.07) is 6.22. The zero-order chi connectivity index (χ0) is 28.2. The van der Waals surface area contributed by atoms with Crippen LogP contribution < -0.4 is 5.32 Å². The number of ketones is 2. The van der Waals surface area contributed by atoms with Crippen LogP contribution in [0.5, 0.6) is 0 Å². The molecule has 1 amide bonds. The molecule has 1 aromatic heterocycles. The Bertz CT molecular complexity index is 1090. The molecule has 0 saturated carbocycles. The van der Waals surface area contributed by atoms with Gasteiger partial charge in [0.1, 0.15) is 5.78 Å². The van der Waals surface area contributed by atoms with E-state index in [-0.39, 0.29) is 35.9 Å². The maximum atomic E-state index is 13.6. The van der Waals surface area contributed by atoms with Gasteiger partial charge in [-0.15, -0.1) is 11.3 Å². The zero-order valence-corrected chi connectivity index (χ0v) is 25.2. The Morgan fingerprint density at radius 3 is 2.47 bits per heavy atom. The number of allylic oxidation sites excluding steroid dienone is 1. The lowest BCUT2D eigenvalue weighted by atomic mass is 9.91. The molecule has 0 unspecified atom stereocenters. The number of rotatable bonds is 17. The van der Waals surface area contributed by atoms with Gasteiger partial charge in [-0.3, -0.25) is 14.4 Å². The zero-order valence-electron chi connectivity index (χ0n) is 24.4. The lowest BCUT2D eigenvalue weighted by Gasteiger charge is -2.26. The molecule has 210 valence electrons. The lowest BCUT2D eigenvalue weighted by Crippen LogP contribution is -2.43. The molecular formula is C31H47N3O3S. The van der Waals surface area contributed by atoms with Crippen molar-refractivity contribution in [3.63, 3.8) is 0 Å². The molecule has 0 spiro atoms. The fourth-order valence-corrected chi connectivity index (χ4v) is 5.52. The average molecular weight is 542 g/mol. The summed E-state index contributed by atoms with van der Waals surface area (Å²) >= 11 is 1.61. The molecule has 3 atom stereocenters. The molecule has 1 heterocycles. The Morgan fingerprint density at radius 2 is 1.84 bits per heavy atom. The van der Waals surface area contributed by atoms with Gasteiger partial charge in [-0.05, 0) is 62.5 Å². The van der Waals surface area contributed by atoms with Crippen molar-refractivity contribution in [1.82, 2.24) is 15.2 Å². The summed E-state index contributed by atoms with van der Waals surface area (Å²) < 4.78 is 1.11. The molecule has 0 fully saturated rings. The second kappa shape index (κ2) is 15.9. The van der Waals surface area contributed by atoms with Crippen LogP contribution in [0.2, 0.25) is 0 Å². The number of amides is 1. The van der Waals surface area contributed by atoms with Crippen LogP contribution >= 0.6 is 11.3 Å². The molecule has 0 aliphatic heterocycles. The molecule has 7 heteroatoms. The number of aromatic nitrogens is 1. The number of nitrogens with one attached hydrogen (secondary N) is 1. The van der Waals surface area contributed by atoms with Crippen molar-refractivity contribution in [2.75, 3.05) is 20.6 Å². The van der Waals surface area contributed by atoms with Gasteiger partial charge in [0, 0.05) is 38.3 Å². The first-order chi connectivity index (χ1) is 18.0. The number of likely N-dealkylation sites (N-methyl/N-ethyl adjacent to an activating group) is 1. The number of hydrogen-bond acceptors (Lipinski definition) is 6. The van der Waals surface area contributed by atoms with Crippen LogP contribution in [-0.2, 0) is 20.8 Å². The minimum atomic E-state index is -0.471. The van der Waals surface area contributed by atoms with Gasteiger partial charge in [-0.2, -0.15) is 0 Å². The van der Waals surface area contributed by atoms with E-state index in [1.165, 1.54) is 5.56 Å². The molecule has 2 rings (SSSR count). The van der Waals surface area contributed by atoms with Crippen molar-refractivity contribution in [3.8, 4) is 0 Å². The maximum absolute atomic E-state index is 13.6. The number of Topliss-reactive ketones (excluding diaryl/α,β-unsaturated/α-hetero) is 1. The number of hydrogen-bond donors (Lipinski definition) is 1. The number of fused-ring (bicyclic) bond motifs is 1. The number of carbonyl (C=O) groups is 3. The molecule has 0 saturated heterocycles. The van der Waals surface area contributed by atoms with Crippen LogP contribution in [0.15, 0.2) is 30.4 Å². The van der Waals surface area contributed by atoms with Gasteiger partial charge in [-0.25, -0.2) is 4.98 Å². The monoisotopic (exact) mass is 541 g/mol. The van der Waals surface area contributed by atoms with Crippen molar-refractivity contribution in [1.29, 1.82) is 0 Å². The average Bonchev–Trinajstić information content (AvgIpc) is 3.27. The standard InChI is InChI=1S/C31H47N3O3S/c1-8-11-26(36)18-24(20-30-32-28-15-13-23(21(3)4)19-29(28)38-30)31(37)33-27(22(5)9-2)16-14-25(35)12-10-17-34(6)7/h10,12-13,15,19,21-22,24,27H,8-9,11,14,16-18,20H2,1-7H3,(H,33,37)/b12-10+/t22-,24-,27+/m0/s1. The fourth-order valence-electron chi connectivity index (χ4n) is 4.42. The molecule has 38 heavy (non-hydrogen) atoms. The van der Waals surface area contributed by atoms with Crippen LogP contribution in [-0.4, -0.2) is 54.0 Å². The third kappa shape index (κ3) is 10.4. The Hall–Kier alpha value is -2.38. The smallest absolute Gasteiger partial charge is 0.224 e. The van der Waals surface area contributed by atoms with Crippen LogP contribution in [0, 0.1) is 11.8 Å². The third-order valence-corrected chi connectivity index (χ3v) is 8.09. The minimum absolute atomic E-state index is 0.0688. The predicted octanol–water partition coefficient (Wildman–Crippen LogP) is 6.34. The topological polar surface area (TPSA) is 79.4 Å². The molecule has 1 N–H and O–H groups in total. The van der Waals surface area contributed by atoms with Crippen molar-refractivity contribution in [3.05, 3.63) is 40.9 Å². The van der Waals surface area contributed by atoms with Crippen molar-refractivity contribution < 1.29 is 14.4 Å². The van der Waals surface area contributed by atoms with Gasteiger partial charge in [-0.1, -0.05) is 53.2 Å². The van der Waals surface area contributed by atoms with E-state index in [0.717, 1.165) is 34.6 Å². The van der Waals surface area contributed by atoms with E-state index >= 15 is 0 Å². The Morgan fingerprint density at radius 1 is 1.11 bits per heavy atom. The van der Waals surface area contributed by atoms with E-state index in [1.54, 1.807) is 17.4 Å². The van der Waals surface area contributed by atoms with Crippen molar-refractivity contribution >= 4 is 39.0 Å². The molecule has 0 aliphatic rings. The van der Waals surface area contributed by atoms with E-state index in [2.05, 4.69) is 45.1 Å². The number of benzene rings is 1. The molecule has 2 aromatic rings. The van der Waals surface area contributed by atoms with Gasteiger partial charge in [0.15, 0.2) is 5.78 Å². The molecule has 6 nitrogen and oxygen atoms in total. The minimum Gasteiger partial charge on any atom is -0.353 e. The first kappa shape index (κ1) is 31.8. The van der Waals surface area contributed by atoms with E-state index in [0.29, 0.717) is 31.6 Å². The molecule has 0 aliphatic carbocycles. The highest BCUT2D eigenvalue weighted by atomic mass is 32.1. The number of thiazole rings is 1. The van der Waals surface area contributed by atoms with Gasteiger partial charge in [0.05, 0.1) is 21.1 Å². The van der Waals surface area contributed by atoms with Crippen molar-refractivity contribution in [2.45, 2.75) is 91.5 Å². The maximum Gasteiger partial charge on any atom is 0.224 e. The second-order valence-corrected chi connectivity index (χ2v) is 12.2. The molecule has 0 radical (unpaired) electrons. The summed E-state index contributed by atoms with van der Waals surface area (Å²) in [5.74, 6) is 0.250. The lowest BCUT2D eigenvalue weighted by molar-refractivity contribution is -0.130. The van der Waals surface area contributed by atoms with Gasteiger partial charge >= 0.3 is 0 Å². The summed E-state index contributed by atoms with van der Waals surface area (Å²) in [4.78, 5) is 45.4. The summed E-state index contributed by atoms with van der Waals surface area (Å²) in [6.45, 7) is 11.2. The summed E-state index contributed by atoms with van der Waals surface area (Å²) in [7, 11) is 3.92. The van der Waals surface area contributed by atoms with E-state index in [9.17, 15) is 14.4 Å². The predicted molar refractivity (Wildman–Crippen MR) is 159 cm³/mol. The Balaban J connectivity index is 2.17. The SMILES string of the molecule is CCCC(=O)C[C@@H](Cc1nc2ccc(C(C)C)cc2s1)C(=O)N[C@H](CCC(=O)/C=C/CN(C)C)[C@@H](C)CC. The number of carbonyl (C=O) groups excluding carboxylic acids is 3. The molecule has 1 aromatic carbocycles. The third-order valence-electron chi connectivity index (χ3n) is 7.05. The summed E-state index contributed by atoms with van der Waals surface area (Å²) in [5.41, 5.74) is 2.20. The Kier molecular flexibility index (Phi) is 13.3. The second-order valence-electron chi connectivity index (χ2n) is 11.1. The highest BCUT2D eigenvalue weighted by Gasteiger charge is 2.27. The van der Waals surface area contributed by atoms with Gasteiger partial charge in [0.2, 0.25) is 5.91 Å². The highest BCUT2D eigenvalue weighted by molar-refractivity contribution is 7.18. The van der Waals surface area contributed by atoms with E-state index in [1.807, 2.05) is 38.1 Å². The Labute approximate surface area is 233 Å². The van der Waals surface area contributed by atoms with Crippen molar-refractivity contribution in [2.24, 2.45) is 11.8 Å². The largest absolute Gasteiger partial charge is 0.353 e. The first-order valence-corrected chi connectivity index (χ1v) is 14.9. The number of nitrogens with zero attached hydrogens (tertiary/aromatic N) is 2.